The summed E-state index contributed by atoms with van der Waals surface area (Å²) in [6.07, 6.45) is 2.41. The van der Waals surface area contributed by atoms with Crippen molar-refractivity contribution < 1.29 is 0 Å². The van der Waals surface area contributed by atoms with Crippen molar-refractivity contribution in [2.24, 2.45) is 0 Å². The lowest BCUT2D eigenvalue weighted by atomic mass is 10.2. The first-order valence-corrected chi connectivity index (χ1v) is 4.81. The highest BCUT2D eigenvalue weighted by Gasteiger charge is 2.37. The van der Waals surface area contributed by atoms with Crippen molar-refractivity contribution in [2.75, 3.05) is 11.1 Å². The largest absolute Gasteiger partial charge is 0.396 e. The molecular formula is C10H13ClN2. The molecule has 3 N–H and O–H groups in total. The fourth-order valence-electron chi connectivity index (χ4n) is 1.28. The molecule has 0 spiro atoms. The van der Waals surface area contributed by atoms with Crippen LogP contribution in [0, 0.1) is 0 Å². The summed E-state index contributed by atoms with van der Waals surface area (Å²) in [6.45, 7) is 2.19. The molecule has 0 radical (unpaired) electrons. The van der Waals surface area contributed by atoms with E-state index in [2.05, 4.69) is 12.2 Å². The van der Waals surface area contributed by atoms with Gasteiger partial charge in [-0.1, -0.05) is 17.7 Å². The van der Waals surface area contributed by atoms with Gasteiger partial charge in [-0.05, 0) is 31.9 Å². The van der Waals surface area contributed by atoms with Crippen molar-refractivity contribution in [2.45, 2.75) is 25.3 Å². The van der Waals surface area contributed by atoms with E-state index in [1.807, 2.05) is 12.1 Å². The molecule has 1 aromatic rings. The number of nitrogen functional groups attached to an aromatic ring is 1. The van der Waals surface area contributed by atoms with Crippen molar-refractivity contribution in [3.05, 3.63) is 23.2 Å². The van der Waals surface area contributed by atoms with Crippen molar-refractivity contribution in [1.82, 2.24) is 0 Å². The molecule has 1 aliphatic rings. The molecule has 0 atom stereocenters. The molecule has 3 heteroatoms. The van der Waals surface area contributed by atoms with Gasteiger partial charge in [-0.15, -0.1) is 0 Å². The maximum atomic E-state index is 5.90. The first kappa shape index (κ1) is 8.70. The Labute approximate surface area is 83.1 Å². The van der Waals surface area contributed by atoms with E-state index >= 15 is 0 Å². The van der Waals surface area contributed by atoms with Crippen LogP contribution in [0.1, 0.15) is 19.8 Å². The van der Waals surface area contributed by atoms with E-state index < -0.39 is 0 Å². The molecule has 0 unspecified atom stereocenters. The Kier molecular flexibility index (Phi) is 1.88. The third kappa shape index (κ3) is 1.73. The Hall–Kier alpha value is -0.890. The minimum Gasteiger partial charge on any atom is -0.396 e. The summed E-state index contributed by atoms with van der Waals surface area (Å²) < 4.78 is 0. The quantitative estimate of drug-likeness (QED) is 0.714. The van der Waals surface area contributed by atoms with E-state index in [0.717, 1.165) is 5.69 Å². The summed E-state index contributed by atoms with van der Waals surface area (Å²) in [6, 6.07) is 5.68. The number of rotatable bonds is 2. The van der Waals surface area contributed by atoms with Crippen LogP contribution in [0.2, 0.25) is 5.02 Å². The van der Waals surface area contributed by atoms with Gasteiger partial charge in [0.1, 0.15) is 0 Å². The predicted molar refractivity (Wildman–Crippen MR) is 57.1 cm³/mol. The average molecular weight is 197 g/mol. The van der Waals surface area contributed by atoms with Crippen LogP contribution < -0.4 is 11.1 Å². The Morgan fingerprint density at radius 1 is 1.46 bits per heavy atom. The summed E-state index contributed by atoms with van der Waals surface area (Å²) in [5, 5.41) is 4.01. The smallest absolute Gasteiger partial charge is 0.0739 e. The van der Waals surface area contributed by atoms with Crippen molar-refractivity contribution in [3.63, 3.8) is 0 Å². The molecule has 2 rings (SSSR count). The predicted octanol–water partition coefficient (Wildman–Crippen LogP) is 2.89. The molecule has 0 amide bonds. The standard InChI is InChI=1S/C10H13ClN2/c1-10(5-6-10)13-8-4-2-3-7(11)9(8)12/h2-4,13H,5-6,12H2,1H3. The highest BCUT2D eigenvalue weighted by Crippen LogP contribution is 2.40. The second kappa shape index (κ2) is 2.81. The van der Waals surface area contributed by atoms with Gasteiger partial charge in [0.25, 0.3) is 0 Å². The zero-order chi connectivity index (χ0) is 9.47. The molecule has 1 aromatic carbocycles. The van der Waals surface area contributed by atoms with E-state index in [4.69, 9.17) is 17.3 Å². The van der Waals surface area contributed by atoms with Gasteiger partial charge >= 0.3 is 0 Å². The van der Waals surface area contributed by atoms with Crippen LogP contribution in [0.3, 0.4) is 0 Å². The first-order valence-electron chi connectivity index (χ1n) is 4.43. The zero-order valence-electron chi connectivity index (χ0n) is 7.60. The third-order valence-electron chi connectivity index (χ3n) is 2.49. The second-order valence-electron chi connectivity index (χ2n) is 3.89. The van der Waals surface area contributed by atoms with Crippen molar-refractivity contribution in [1.29, 1.82) is 0 Å². The highest BCUT2D eigenvalue weighted by molar-refractivity contribution is 6.33. The van der Waals surface area contributed by atoms with E-state index in [1.54, 1.807) is 6.07 Å². The van der Waals surface area contributed by atoms with Crippen LogP contribution >= 0.6 is 11.6 Å². The topological polar surface area (TPSA) is 38.0 Å². The first-order chi connectivity index (χ1) is 6.11. The van der Waals surface area contributed by atoms with Gasteiger partial charge in [0.15, 0.2) is 0 Å². The maximum Gasteiger partial charge on any atom is 0.0739 e. The Bertz CT molecular complexity index is 332. The van der Waals surface area contributed by atoms with Gasteiger partial charge in [-0.25, -0.2) is 0 Å². The molecule has 70 valence electrons. The number of nitrogens with two attached hydrogens (primary N) is 1. The van der Waals surface area contributed by atoms with Gasteiger partial charge in [0.2, 0.25) is 0 Å². The lowest BCUT2D eigenvalue weighted by Gasteiger charge is -2.15. The van der Waals surface area contributed by atoms with Gasteiger partial charge in [0.05, 0.1) is 16.4 Å². The third-order valence-corrected chi connectivity index (χ3v) is 2.82. The summed E-state index contributed by atoms with van der Waals surface area (Å²) in [5.74, 6) is 0. The second-order valence-corrected chi connectivity index (χ2v) is 4.29. The number of nitrogens with one attached hydrogen (secondary N) is 1. The SMILES string of the molecule is CC1(Nc2cccc(Cl)c2N)CC1. The lowest BCUT2D eigenvalue weighted by Crippen LogP contribution is -2.16. The molecule has 0 aliphatic heterocycles. The maximum absolute atomic E-state index is 5.90. The van der Waals surface area contributed by atoms with E-state index in [9.17, 15) is 0 Å². The Balaban J connectivity index is 2.25. The summed E-state index contributed by atoms with van der Waals surface area (Å²) in [4.78, 5) is 0. The molecule has 1 aliphatic carbocycles. The fraction of sp³-hybridized carbons (Fsp3) is 0.400. The molecule has 0 saturated heterocycles. The Morgan fingerprint density at radius 3 is 2.77 bits per heavy atom. The zero-order valence-corrected chi connectivity index (χ0v) is 8.36. The summed E-state index contributed by atoms with van der Waals surface area (Å²) >= 11 is 5.90. The van der Waals surface area contributed by atoms with E-state index in [0.29, 0.717) is 10.7 Å². The van der Waals surface area contributed by atoms with Crippen LogP contribution in [0.25, 0.3) is 0 Å². The van der Waals surface area contributed by atoms with Gasteiger partial charge in [-0.3, -0.25) is 0 Å². The molecule has 0 bridgehead atoms. The molecule has 1 saturated carbocycles. The monoisotopic (exact) mass is 196 g/mol. The molecule has 0 aromatic heterocycles. The Morgan fingerprint density at radius 2 is 2.15 bits per heavy atom. The van der Waals surface area contributed by atoms with Crippen LogP contribution in [-0.4, -0.2) is 5.54 Å². The molecule has 0 heterocycles. The van der Waals surface area contributed by atoms with Gasteiger partial charge < -0.3 is 11.1 Å². The van der Waals surface area contributed by atoms with E-state index in [-0.39, 0.29) is 5.54 Å². The molecule has 2 nitrogen and oxygen atoms in total. The molecular weight excluding hydrogens is 184 g/mol. The van der Waals surface area contributed by atoms with Gasteiger partial charge in [-0.2, -0.15) is 0 Å². The molecule has 13 heavy (non-hydrogen) atoms. The van der Waals surface area contributed by atoms with Crippen LogP contribution in [0.4, 0.5) is 11.4 Å². The summed E-state index contributed by atoms with van der Waals surface area (Å²) in [7, 11) is 0. The number of halogens is 1. The average Bonchev–Trinajstić information content (AvgIpc) is 2.78. The number of hydrogen-bond donors (Lipinski definition) is 2. The van der Waals surface area contributed by atoms with Crippen LogP contribution in [0.15, 0.2) is 18.2 Å². The minimum atomic E-state index is 0.249. The van der Waals surface area contributed by atoms with E-state index in [1.165, 1.54) is 12.8 Å². The van der Waals surface area contributed by atoms with Gasteiger partial charge in [0, 0.05) is 5.54 Å². The summed E-state index contributed by atoms with van der Waals surface area (Å²) in [5.41, 5.74) is 7.67. The number of hydrogen-bond acceptors (Lipinski definition) is 2. The number of anilines is 2. The molecule has 1 fully saturated rings. The lowest BCUT2D eigenvalue weighted by molar-refractivity contribution is 0.830. The van der Waals surface area contributed by atoms with Crippen molar-refractivity contribution >= 4 is 23.0 Å². The highest BCUT2D eigenvalue weighted by atomic mass is 35.5. The van der Waals surface area contributed by atoms with Crippen LogP contribution in [0.5, 0.6) is 0 Å². The number of benzene rings is 1. The normalized spacial score (nSPS) is 18.3. The minimum absolute atomic E-state index is 0.249. The van der Waals surface area contributed by atoms with Crippen molar-refractivity contribution in [3.8, 4) is 0 Å². The van der Waals surface area contributed by atoms with Crippen LogP contribution in [-0.2, 0) is 0 Å². The fourth-order valence-corrected chi connectivity index (χ4v) is 1.46. The number of para-hydroxylation sites is 1.